The highest BCUT2D eigenvalue weighted by Gasteiger charge is 2.47. The number of carbonyl (C=O) groups is 3. The van der Waals surface area contributed by atoms with E-state index in [9.17, 15) is 39.6 Å². The number of hydrogen-bond acceptors (Lipinski definition) is 24. The molecule has 3 aliphatic heterocycles. The molecule has 4 atom stereocenters. The van der Waals surface area contributed by atoms with Crippen LogP contribution in [0.4, 0.5) is 26.0 Å². The van der Waals surface area contributed by atoms with Gasteiger partial charge in [-0.25, -0.2) is 87.5 Å². The summed E-state index contributed by atoms with van der Waals surface area (Å²) in [6, 6.07) is 58.8. The second-order valence-electron chi connectivity index (χ2n) is 35.7. The Morgan fingerprint density at radius 2 is 0.750 bits per heavy atom. The van der Waals surface area contributed by atoms with Crippen LogP contribution in [-0.2, 0) is 60.9 Å². The maximum absolute atomic E-state index is 13.0. The number of nitrogens with two attached hydrogens (primary N) is 1. The lowest BCUT2D eigenvalue weighted by Gasteiger charge is -2.42. The summed E-state index contributed by atoms with van der Waals surface area (Å²) in [5.41, 5.74) is 7.80. The minimum atomic E-state index is -3.79. The van der Waals surface area contributed by atoms with E-state index >= 15 is 0 Å². The Labute approximate surface area is 851 Å². The zero-order valence-corrected chi connectivity index (χ0v) is 91.1. The number of alkyl carbamates (subject to hydrolysis) is 3. The number of rotatable bonds is 10. The van der Waals surface area contributed by atoms with E-state index in [1.807, 2.05) is 121 Å². The fourth-order valence-corrected chi connectivity index (χ4v) is 24.6. The third-order valence-corrected chi connectivity index (χ3v) is 31.6. The average molecular weight is 2100 g/mol. The Kier molecular flexibility index (Phi) is 43.7. The number of nitrogens with one attached hydrogen (secondary N) is 4. The number of carbonyl (C=O) groups excluding carboxylic acids is 3. The summed E-state index contributed by atoms with van der Waals surface area (Å²) in [4.78, 5) is 67.6. The number of hydrogen-bond donors (Lipinski definition) is 5. The van der Waals surface area contributed by atoms with Gasteiger partial charge in [0.05, 0.1) is 11.4 Å². The van der Waals surface area contributed by atoms with Crippen LogP contribution in [0, 0.1) is 113 Å². The van der Waals surface area contributed by atoms with E-state index < -0.39 is 81.8 Å². The van der Waals surface area contributed by atoms with Crippen LogP contribution in [0.25, 0.3) is 11.1 Å². The van der Waals surface area contributed by atoms with Crippen molar-refractivity contribution in [2.45, 2.75) is 175 Å². The van der Waals surface area contributed by atoms with Crippen LogP contribution in [-0.4, -0.2) is 166 Å². The van der Waals surface area contributed by atoms with Gasteiger partial charge in [0.1, 0.15) is 76.1 Å². The topological polar surface area (TPSA) is 365 Å². The van der Waals surface area contributed by atoms with Gasteiger partial charge in [-0.2, -0.15) is 9.90 Å². The SMILES string of the molecule is C#CC#CC#CC#CC.C#CC#CC#CC#CC#C.CC(C)(C)P(c1ccccc1-c1ccccc1)C(C)(C)C.CN1C(NC(=O)OC(C)(C)C)=N[C@](C)(c2nc(Br)cs2)CS1(=O)=O.CN1C(NC(=O)OC(C)(C)C)=N[C@](C)(c2nc(N)cs2)CS1(=O)=O.CN1C(NC(=O)OC(C)(C)C)=N[C@](C)(c2nc(N=C(c3ccccc3)c3ccccc3)cs2)CS1(=O)=O.N=C(c1ccccc1)c1ccccc1.P. The minimum Gasteiger partial charge on any atom is -0.444 e. The van der Waals surface area contributed by atoms with Gasteiger partial charge in [-0.1, -0.05) is 231 Å². The van der Waals surface area contributed by atoms with Gasteiger partial charge in [0.25, 0.3) is 0 Å². The molecule has 0 saturated heterocycles. The molecule has 0 bridgehead atoms. The molecule has 732 valence electrons. The van der Waals surface area contributed by atoms with Crippen molar-refractivity contribution in [1.82, 2.24) is 43.8 Å². The Bertz CT molecular complexity index is 6650. The monoisotopic (exact) mass is 2100 g/mol. The highest BCUT2D eigenvalue weighted by molar-refractivity contribution is 9.10. The summed E-state index contributed by atoms with van der Waals surface area (Å²) in [7, 11) is -7.43. The van der Waals surface area contributed by atoms with Crippen molar-refractivity contribution in [3.8, 4) is 119 Å². The van der Waals surface area contributed by atoms with Gasteiger partial charge < -0.3 is 19.9 Å². The molecular weight excluding hydrogens is 1990 g/mol. The highest BCUT2D eigenvalue weighted by Crippen LogP contribution is 2.59. The number of amides is 3. The summed E-state index contributed by atoms with van der Waals surface area (Å²) < 4.78 is 94.9. The van der Waals surface area contributed by atoms with Crippen LogP contribution >= 0.6 is 67.8 Å². The van der Waals surface area contributed by atoms with Crippen molar-refractivity contribution < 1.29 is 53.8 Å². The molecule has 3 aromatic heterocycles. The fraction of sp³-hybridized carbons (Fsp3) is 0.317. The van der Waals surface area contributed by atoms with E-state index in [2.05, 4.69) is 247 Å². The predicted octanol–water partition coefficient (Wildman–Crippen LogP) is 18.2. The van der Waals surface area contributed by atoms with Crippen molar-refractivity contribution in [3.05, 3.63) is 234 Å². The molecule has 140 heavy (non-hydrogen) atoms. The quantitative estimate of drug-likeness (QED) is 0.0367. The number of aromatic nitrogens is 3. The van der Waals surface area contributed by atoms with Gasteiger partial charge >= 0.3 is 18.3 Å². The van der Waals surface area contributed by atoms with Crippen LogP contribution < -0.4 is 27.0 Å². The maximum Gasteiger partial charge on any atom is 0.414 e. The lowest BCUT2D eigenvalue weighted by molar-refractivity contribution is 0.0546. The largest absolute Gasteiger partial charge is 0.444 e. The van der Waals surface area contributed by atoms with Crippen LogP contribution in [0.15, 0.2) is 217 Å². The second kappa shape index (κ2) is 52.2. The number of benzene rings is 6. The Morgan fingerprint density at radius 3 is 1.06 bits per heavy atom. The molecule has 27 nitrogen and oxygen atoms in total. The number of sulfonamides is 3. The second-order valence-corrected chi connectivity index (χ2v) is 48.9. The predicted molar refractivity (Wildman–Crippen MR) is 580 cm³/mol. The number of halogens is 1. The molecule has 3 amide bonds. The summed E-state index contributed by atoms with van der Waals surface area (Å²) in [6.45, 7) is 36.4. The van der Waals surface area contributed by atoms with Crippen LogP contribution in [0.2, 0.25) is 0 Å². The van der Waals surface area contributed by atoms with Gasteiger partial charge in [0.2, 0.25) is 47.9 Å². The first-order valence-electron chi connectivity index (χ1n) is 42.5. The highest BCUT2D eigenvalue weighted by atomic mass is 79.9. The Hall–Kier alpha value is -13.2. The molecule has 1 unspecified atom stereocenters. The third kappa shape index (κ3) is 37.5. The standard InChI is InChI=1S/C26H29N5O4S2.C20H27P.C13H19BrN4O4S2.C13H21N5O4S2.C13H11N.C10H2.C9H4.H3P/c1-25(2,3)35-24(32)29-23-30-26(4,17-37(33,34)31(23)5)22-28-20(16-36-22)27-21(18-12-8-6-9-13-18)19-14-10-7-11-15-19;1-19(2,3)21(20(4,5)6)18-15-11-10-14-17(18)16-12-8-7-9-13-16;2*1-12(2,3)22-11(19)16-10-17-13(4,7-24(20,21)18(10)5)9-15-8(14)6-23-9;14-13(11-7-3-1-4-8-11)12-9-5-2-6-10-12;1-3-5-7-9-10-8-6-4-2;1-3-5-7-9-8-6-4-2;/h6-16H,17H2,1-5H3,(H,29,30,32);7-15H,1-6H3;6H,7H2,1-5H3,(H,16,17,19);6H,7,14H2,1-5H3,(H,16,17,19);1-10,14H;1-2H;1H,2H3;1H3/t26-;;2*13-;;;;/m0.00..../s1. The van der Waals surface area contributed by atoms with Crippen molar-refractivity contribution in [2.75, 3.05) is 44.1 Å². The van der Waals surface area contributed by atoms with Crippen molar-refractivity contribution in [1.29, 1.82) is 5.41 Å². The van der Waals surface area contributed by atoms with E-state index in [4.69, 9.17) is 49.6 Å². The molecule has 6 aromatic carbocycles. The molecule has 0 spiro atoms. The molecule has 0 aliphatic carbocycles. The summed E-state index contributed by atoms with van der Waals surface area (Å²) >= 11 is 7.03. The third-order valence-electron chi connectivity index (χ3n) is 18.2. The van der Waals surface area contributed by atoms with Gasteiger partial charge in [0.15, 0.2) is 5.82 Å². The average Bonchev–Trinajstić information content (AvgIpc) is 1.46. The summed E-state index contributed by atoms with van der Waals surface area (Å²) in [5, 5.41) is 24.0. The molecule has 0 saturated carbocycles. The van der Waals surface area contributed by atoms with Crippen molar-refractivity contribution in [3.63, 3.8) is 0 Å². The zero-order valence-electron chi connectivity index (χ0n) is 82.3. The molecule has 6 heterocycles. The molecule has 9 aromatic rings. The number of thiazole rings is 3. The molecule has 12 rings (SSSR count). The maximum atomic E-state index is 13.0. The zero-order chi connectivity index (χ0) is 104. The van der Waals surface area contributed by atoms with E-state index in [1.54, 1.807) is 106 Å². The number of guanidine groups is 3. The van der Waals surface area contributed by atoms with E-state index in [0.29, 0.717) is 47.3 Å². The molecule has 0 radical (unpaired) electrons. The first kappa shape index (κ1) is 117. The first-order chi connectivity index (χ1) is 64.9. The van der Waals surface area contributed by atoms with Crippen molar-refractivity contribution >= 4 is 162 Å². The smallest absolute Gasteiger partial charge is 0.414 e. The normalized spacial score (nSPS) is 16.5. The van der Waals surface area contributed by atoms with Crippen molar-refractivity contribution in [2.24, 2.45) is 20.0 Å². The Morgan fingerprint density at radius 1 is 0.450 bits per heavy atom. The molecule has 36 heteroatoms. The lowest BCUT2D eigenvalue weighted by Crippen LogP contribution is -2.54. The summed E-state index contributed by atoms with van der Waals surface area (Å²) in [5.74, 6) is 34.9. The van der Waals surface area contributed by atoms with E-state index in [0.717, 1.165) is 40.9 Å². The number of terminal acetylenes is 3. The van der Waals surface area contributed by atoms with Crippen LogP contribution in [0.5, 0.6) is 0 Å². The number of ether oxygens (including phenoxy) is 3. The number of nitrogens with zero attached hydrogens (tertiary/aromatic N) is 10. The number of anilines is 1. The van der Waals surface area contributed by atoms with Gasteiger partial charge in [-0.15, -0.1) is 53.3 Å². The molecule has 6 N–H and O–H groups in total. The fourth-order valence-electron chi connectivity index (χ4n) is 12.8. The molecule has 3 aliphatic rings. The van der Waals surface area contributed by atoms with E-state index in [1.165, 1.54) is 71.6 Å². The molecule has 0 fully saturated rings. The van der Waals surface area contributed by atoms with Crippen LogP contribution in [0.3, 0.4) is 0 Å². The number of aliphatic imine (C=N–C) groups is 4. The van der Waals surface area contributed by atoms with E-state index in [-0.39, 0.29) is 53.0 Å². The summed E-state index contributed by atoms with van der Waals surface area (Å²) in [6.07, 6.45) is 12.1. The lowest BCUT2D eigenvalue weighted by atomic mass is 10.0. The van der Waals surface area contributed by atoms with Crippen LogP contribution in [0.1, 0.15) is 169 Å². The Balaban J connectivity index is 0.000000301. The molecular formula is C104H116BrN15O12P2S6. The first-order valence-corrected chi connectivity index (χ1v) is 52.1. The van der Waals surface area contributed by atoms with Gasteiger partial charge in [0, 0.05) is 48.4 Å². The van der Waals surface area contributed by atoms with Gasteiger partial charge in [-0.3, -0.25) is 21.4 Å². The number of nitrogen functional groups attached to an aromatic ring is 1. The minimum absolute atomic E-state index is 0. The van der Waals surface area contributed by atoms with Gasteiger partial charge in [-0.05, 0) is 227 Å².